The Morgan fingerprint density at radius 1 is 1.15 bits per heavy atom. The molecule has 2 amide bonds. The van der Waals surface area contributed by atoms with Crippen molar-refractivity contribution in [2.75, 3.05) is 11.5 Å². The Labute approximate surface area is 156 Å². The number of amides is 2. The van der Waals surface area contributed by atoms with Crippen LogP contribution in [0.1, 0.15) is 65.7 Å². The third-order valence-electron chi connectivity index (χ3n) is 6.71. The van der Waals surface area contributed by atoms with Crippen LogP contribution in [-0.4, -0.2) is 43.3 Å². The summed E-state index contributed by atoms with van der Waals surface area (Å²) in [5.41, 5.74) is -0.247. The van der Waals surface area contributed by atoms with E-state index in [1.165, 1.54) is 0 Å². The number of carbonyl (C=O) groups is 2. The fourth-order valence-corrected chi connectivity index (χ4v) is 6.38. The molecular weight excluding hydrogens is 352 g/mol. The quantitative estimate of drug-likeness (QED) is 0.700. The first-order valence-electron chi connectivity index (χ1n) is 9.88. The van der Waals surface area contributed by atoms with Crippen molar-refractivity contribution in [2.45, 2.75) is 77.3 Å². The largest absolute Gasteiger partial charge is 0.351 e. The lowest BCUT2D eigenvalue weighted by Crippen LogP contribution is -2.57. The second-order valence-electron chi connectivity index (χ2n) is 9.27. The standard InChI is InChI=1S/C19H32N2O4S/c1-4-19(8-5-9-19)21-17(23)14-11-26(24,25)12-15(14)20-16(22)10-18(2,3)13-6-7-13/h13-15H,4-12H2,1-3H3,(H,20,22)(H,21,23)/t14-,15-/m1/s1. The minimum atomic E-state index is -3.31. The number of hydrogen-bond donors (Lipinski definition) is 2. The van der Waals surface area contributed by atoms with Crippen molar-refractivity contribution in [1.29, 1.82) is 0 Å². The summed E-state index contributed by atoms with van der Waals surface area (Å²) in [6.07, 6.45) is 6.52. The highest BCUT2D eigenvalue weighted by Crippen LogP contribution is 2.47. The molecule has 1 heterocycles. The van der Waals surface area contributed by atoms with Crippen molar-refractivity contribution in [3.63, 3.8) is 0 Å². The average Bonchev–Trinajstić information content (AvgIpc) is 3.28. The van der Waals surface area contributed by atoms with Gasteiger partial charge in [-0.05, 0) is 49.9 Å². The molecule has 3 rings (SSSR count). The summed E-state index contributed by atoms with van der Waals surface area (Å²) in [7, 11) is -3.31. The van der Waals surface area contributed by atoms with Gasteiger partial charge in [0, 0.05) is 12.0 Å². The van der Waals surface area contributed by atoms with E-state index in [2.05, 4.69) is 24.5 Å². The molecule has 2 aliphatic carbocycles. The summed E-state index contributed by atoms with van der Waals surface area (Å²) in [4.78, 5) is 25.3. The monoisotopic (exact) mass is 384 g/mol. The molecule has 0 aromatic heterocycles. The van der Waals surface area contributed by atoms with Crippen LogP contribution in [0.3, 0.4) is 0 Å². The molecule has 1 saturated heterocycles. The van der Waals surface area contributed by atoms with Gasteiger partial charge in [-0.1, -0.05) is 20.8 Å². The third-order valence-corrected chi connectivity index (χ3v) is 8.44. The van der Waals surface area contributed by atoms with Crippen molar-refractivity contribution in [2.24, 2.45) is 17.3 Å². The highest BCUT2D eigenvalue weighted by molar-refractivity contribution is 7.91. The zero-order valence-corrected chi connectivity index (χ0v) is 17.0. The minimum Gasteiger partial charge on any atom is -0.351 e. The Kier molecular flexibility index (Phi) is 5.14. The zero-order chi connectivity index (χ0) is 19.2. The second kappa shape index (κ2) is 6.80. The molecule has 26 heavy (non-hydrogen) atoms. The number of nitrogens with one attached hydrogen (secondary N) is 2. The van der Waals surface area contributed by atoms with E-state index in [0.29, 0.717) is 12.3 Å². The molecule has 6 nitrogen and oxygen atoms in total. The Morgan fingerprint density at radius 3 is 2.31 bits per heavy atom. The minimum absolute atomic E-state index is 0.0719. The van der Waals surface area contributed by atoms with Crippen molar-refractivity contribution in [3.8, 4) is 0 Å². The Morgan fingerprint density at radius 2 is 1.81 bits per heavy atom. The summed E-state index contributed by atoms with van der Waals surface area (Å²) in [6.45, 7) is 6.22. The lowest BCUT2D eigenvalue weighted by atomic mass is 9.74. The van der Waals surface area contributed by atoms with E-state index in [1.807, 2.05) is 6.92 Å². The van der Waals surface area contributed by atoms with Gasteiger partial charge in [-0.3, -0.25) is 9.59 Å². The summed E-state index contributed by atoms with van der Waals surface area (Å²) in [5.74, 6) is -0.787. The molecule has 0 radical (unpaired) electrons. The molecule has 1 aliphatic heterocycles. The number of rotatable bonds is 7. The van der Waals surface area contributed by atoms with Gasteiger partial charge in [0.05, 0.1) is 23.5 Å². The summed E-state index contributed by atoms with van der Waals surface area (Å²) < 4.78 is 24.3. The van der Waals surface area contributed by atoms with Gasteiger partial charge < -0.3 is 10.6 Å². The molecule has 0 aromatic carbocycles. The molecule has 0 bridgehead atoms. The van der Waals surface area contributed by atoms with Gasteiger partial charge in [0.2, 0.25) is 11.8 Å². The van der Waals surface area contributed by atoms with Crippen molar-refractivity contribution in [1.82, 2.24) is 10.6 Å². The predicted molar refractivity (Wildman–Crippen MR) is 100 cm³/mol. The van der Waals surface area contributed by atoms with Crippen LogP contribution >= 0.6 is 0 Å². The van der Waals surface area contributed by atoms with Crippen LogP contribution in [0, 0.1) is 17.3 Å². The summed E-state index contributed by atoms with van der Waals surface area (Å²) in [6, 6.07) is -0.614. The van der Waals surface area contributed by atoms with E-state index in [0.717, 1.165) is 38.5 Å². The molecule has 2 atom stereocenters. The van der Waals surface area contributed by atoms with Gasteiger partial charge in [0.1, 0.15) is 0 Å². The van der Waals surface area contributed by atoms with Gasteiger partial charge >= 0.3 is 0 Å². The molecule has 7 heteroatoms. The smallest absolute Gasteiger partial charge is 0.226 e. The molecule has 2 N–H and O–H groups in total. The van der Waals surface area contributed by atoms with Crippen LogP contribution in [0.2, 0.25) is 0 Å². The molecule has 2 saturated carbocycles. The van der Waals surface area contributed by atoms with Gasteiger partial charge in [-0.15, -0.1) is 0 Å². The van der Waals surface area contributed by atoms with Gasteiger partial charge in [0.15, 0.2) is 9.84 Å². The Bertz CT molecular complexity index is 672. The molecule has 0 spiro atoms. The molecule has 148 valence electrons. The maximum Gasteiger partial charge on any atom is 0.226 e. The van der Waals surface area contributed by atoms with Gasteiger partial charge in [-0.2, -0.15) is 0 Å². The predicted octanol–water partition coefficient (Wildman–Crippen LogP) is 1.79. The van der Waals surface area contributed by atoms with E-state index in [1.54, 1.807) is 0 Å². The fourth-order valence-electron chi connectivity index (χ4n) is 4.45. The Hall–Kier alpha value is -1.11. The molecule has 0 unspecified atom stereocenters. The lowest BCUT2D eigenvalue weighted by molar-refractivity contribution is -0.129. The molecule has 0 aromatic rings. The van der Waals surface area contributed by atoms with Crippen LogP contribution in [-0.2, 0) is 19.4 Å². The SMILES string of the molecule is CCC1(NC(=O)[C@@H]2CS(=O)(=O)C[C@H]2NC(=O)CC(C)(C)C2CC2)CCC1. The van der Waals surface area contributed by atoms with E-state index in [4.69, 9.17) is 0 Å². The highest BCUT2D eigenvalue weighted by atomic mass is 32.2. The van der Waals surface area contributed by atoms with Crippen molar-refractivity contribution in [3.05, 3.63) is 0 Å². The van der Waals surface area contributed by atoms with Crippen LogP contribution < -0.4 is 10.6 Å². The maximum absolute atomic E-state index is 12.8. The highest BCUT2D eigenvalue weighted by Gasteiger charge is 2.46. The van der Waals surface area contributed by atoms with Crippen LogP contribution in [0.15, 0.2) is 0 Å². The normalized spacial score (nSPS) is 29.7. The molecule has 3 aliphatic rings. The van der Waals surface area contributed by atoms with E-state index in [-0.39, 0.29) is 34.3 Å². The second-order valence-corrected chi connectivity index (χ2v) is 11.4. The van der Waals surface area contributed by atoms with Gasteiger partial charge in [-0.25, -0.2) is 8.42 Å². The number of sulfone groups is 1. The first kappa shape index (κ1) is 19.6. The average molecular weight is 385 g/mol. The van der Waals surface area contributed by atoms with Crippen molar-refractivity contribution >= 4 is 21.7 Å². The maximum atomic E-state index is 12.8. The lowest BCUT2D eigenvalue weighted by Gasteiger charge is -2.42. The first-order valence-corrected chi connectivity index (χ1v) is 11.7. The summed E-state index contributed by atoms with van der Waals surface area (Å²) >= 11 is 0. The summed E-state index contributed by atoms with van der Waals surface area (Å²) in [5, 5.41) is 5.95. The fraction of sp³-hybridized carbons (Fsp3) is 0.895. The first-order chi connectivity index (χ1) is 12.1. The number of carbonyl (C=O) groups excluding carboxylic acids is 2. The molecule has 3 fully saturated rings. The van der Waals surface area contributed by atoms with Crippen LogP contribution in [0.4, 0.5) is 0 Å². The Balaban J connectivity index is 1.64. The van der Waals surface area contributed by atoms with Gasteiger partial charge in [0.25, 0.3) is 0 Å². The molecular formula is C19H32N2O4S. The van der Waals surface area contributed by atoms with E-state index < -0.39 is 21.8 Å². The van der Waals surface area contributed by atoms with Crippen molar-refractivity contribution < 1.29 is 18.0 Å². The van der Waals surface area contributed by atoms with E-state index >= 15 is 0 Å². The van der Waals surface area contributed by atoms with Crippen LogP contribution in [0.5, 0.6) is 0 Å². The van der Waals surface area contributed by atoms with Crippen LogP contribution in [0.25, 0.3) is 0 Å². The topological polar surface area (TPSA) is 92.3 Å². The number of hydrogen-bond acceptors (Lipinski definition) is 4. The zero-order valence-electron chi connectivity index (χ0n) is 16.1. The van der Waals surface area contributed by atoms with E-state index in [9.17, 15) is 18.0 Å². The third kappa shape index (κ3) is 4.24.